The molecule has 2 aromatic rings. The molecule has 0 spiro atoms. The van der Waals surface area contributed by atoms with Crippen molar-refractivity contribution in [3.05, 3.63) is 69.7 Å². The Bertz CT molecular complexity index is 559. The second kappa shape index (κ2) is 5.49. The summed E-state index contributed by atoms with van der Waals surface area (Å²) in [6.45, 7) is 4.28. The first-order chi connectivity index (χ1) is 8.59. The molecule has 0 radical (unpaired) electrons. The van der Waals surface area contributed by atoms with Gasteiger partial charge in [0.05, 0.1) is 0 Å². The molecule has 0 aliphatic carbocycles. The van der Waals surface area contributed by atoms with E-state index >= 15 is 0 Å². The summed E-state index contributed by atoms with van der Waals surface area (Å²) in [7, 11) is 0. The molecule has 0 unspecified atom stereocenters. The number of benzene rings is 2. The molecular formula is C16H15BrO. The Hall–Kier alpha value is -1.41. The van der Waals surface area contributed by atoms with Crippen molar-refractivity contribution in [1.29, 1.82) is 0 Å². The molecule has 0 N–H and O–H groups in total. The van der Waals surface area contributed by atoms with E-state index < -0.39 is 0 Å². The highest BCUT2D eigenvalue weighted by molar-refractivity contribution is 9.10. The lowest BCUT2D eigenvalue weighted by molar-refractivity contribution is 0.103. The summed E-state index contributed by atoms with van der Waals surface area (Å²) >= 11 is 3.54. The Morgan fingerprint density at radius 3 is 2.22 bits per heavy atom. The maximum Gasteiger partial charge on any atom is 0.193 e. The Morgan fingerprint density at radius 2 is 1.67 bits per heavy atom. The lowest BCUT2D eigenvalue weighted by atomic mass is 9.98. The van der Waals surface area contributed by atoms with E-state index in [2.05, 4.69) is 29.8 Å². The van der Waals surface area contributed by atoms with E-state index in [1.54, 1.807) is 0 Å². The van der Waals surface area contributed by atoms with Crippen molar-refractivity contribution < 1.29 is 4.79 Å². The van der Waals surface area contributed by atoms with Gasteiger partial charge in [-0.1, -0.05) is 72.2 Å². The number of carbonyl (C=O) groups is 1. The van der Waals surface area contributed by atoms with Crippen LogP contribution in [0.2, 0.25) is 0 Å². The summed E-state index contributed by atoms with van der Waals surface area (Å²) in [6, 6.07) is 15.2. The number of rotatable bonds is 3. The molecule has 0 bridgehead atoms. The van der Waals surface area contributed by atoms with Crippen molar-refractivity contribution in [2.24, 2.45) is 0 Å². The molecule has 0 atom stereocenters. The normalized spacial score (nSPS) is 10.7. The average molecular weight is 303 g/mol. The first kappa shape index (κ1) is 13.0. The lowest BCUT2D eigenvalue weighted by Crippen LogP contribution is -2.02. The molecule has 18 heavy (non-hydrogen) atoms. The summed E-state index contributed by atoms with van der Waals surface area (Å²) in [5.41, 5.74) is 2.67. The van der Waals surface area contributed by atoms with Gasteiger partial charge in [0, 0.05) is 15.6 Å². The quantitative estimate of drug-likeness (QED) is 0.744. The smallest absolute Gasteiger partial charge is 0.193 e. The van der Waals surface area contributed by atoms with Gasteiger partial charge in [0.1, 0.15) is 0 Å². The molecule has 0 heterocycles. The van der Waals surface area contributed by atoms with Crippen molar-refractivity contribution >= 4 is 21.7 Å². The van der Waals surface area contributed by atoms with Crippen molar-refractivity contribution in [1.82, 2.24) is 0 Å². The highest BCUT2D eigenvalue weighted by Gasteiger charge is 2.11. The minimum absolute atomic E-state index is 0.0617. The molecule has 2 aromatic carbocycles. The van der Waals surface area contributed by atoms with Crippen LogP contribution in [0.25, 0.3) is 0 Å². The summed E-state index contributed by atoms with van der Waals surface area (Å²) in [6.07, 6.45) is 0. The summed E-state index contributed by atoms with van der Waals surface area (Å²) < 4.78 is 0.999. The highest BCUT2D eigenvalue weighted by Crippen LogP contribution is 2.26. The zero-order valence-electron chi connectivity index (χ0n) is 10.5. The number of hydrogen-bond donors (Lipinski definition) is 0. The molecule has 2 rings (SSSR count). The van der Waals surface area contributed by atoms with Gasteiger partial charge < -0.3 is 0 Å². The monoisotopic (exact) mass is 302 g/mol. The van der Waals surface area contributed by atoms with E-state index in [1.807, 2.05) is 48.5 Å². The molecular weight excluding hydrogens is 288 g/mol. The van der Waals surface area contributed by atoms with Gasteiger partial charge >= 0.3 is 0 Å². The van der Waals surface area contributed by atoms with Crippen molar-refractivity contribution in [3.63, 3.8) is 0 Å². The Balaban J connectivity index is 2.36. The van der Waals surface area contributed by atoms with Crippen LogP contribution in [0.5, 0.6) is 0 Å². The summed E-state index contributed by atoms with van der Waals surface area (Å²) in [4.78, 5) is 12.3. The number of halogens is 1. The van der Waals surface area contributed by atoms with E-state index in [0.29, 0.717) is 5.92 Å². The second-order valence-electron chi connectivity index (χ2n) is 4.59. The number of ketones is 1. The third kappa shape index (κ3) is 2.70. The molecule has 0 saturated carbocycles. The van der Waals surface area contributed by atoms with Crippen LogP contribution in [-0.4, -0.2) is 5.78 Å². The van der Waals surface area contributed by atoms with Crippen LogP contribution < -0.4 is 0 Å². The van der Waals surface area contributed by atoms with Gasteiger partial charge in [-0.25, -0.2) is 0 Å². The molecule has 0 aliphatic heterocycles. The fourth-order valence-corrected chi connectivity index (χ4v) is 2.73. The SMILES string of the molecule is CC(C)c1ccc(C(=O)c2ccccc2)cc1Br. The fourth-order valence-electron chi connectivity index (χ4n) is 1.89. The lowest BCUT2D eigenvalue weighted by Gasteiger charge is -2.09. The van der Waals surface area contributed by atoms with Crippen LogP contribution in [0.15, 0.2) is 53.0 Å². The van der Waals surface area contributed by atoms with Gasteiger partial charge in [-0.05, 0) is 17.5 Å². The average Bonchev–Trinajstić information content (AvgIpc) is 2.38. The van der Waals surface area contributed by atoms with Crippen LogP contribution in [0.1, 0.15) is 41.3 Å². The van der Waals surface area contributed by atoms with Crippen LogP contribution in [0, 0.1) is 0 Å². The Labute approximate surface area is 116 Å². The predicted molar refractivity (Wildman–Crippen MR) is 78.1 cm³/mol. The molecule has 0 saturated heterocycles. The van der Waals surface area contributed by atoms with Crippen LogP contribution in [0.4, 0.5) is 0 Å². The van der Waals surface area contributed by atoms with Gasteiger partial charge in [0.25, 0.3) is 0 Å². The topological polar surface area (TPSA) is 17.1 Å². The van der Waals surface area contributed by atoms with Gasteiger partial charge in [0.15, 0.2) is 5.78 Å². The molecule has 0 fully saturated rings. The van der Waals surface area contributed by atoms with E-state index in [0.717, 1.165) is 15.6 Å². The molecule has 0 aromatic heterocycles. The summed E-state index contributed by atoms with van der Waals surface area (Å²) in [5, 5.41) is 0. The third-order valence-corrected chi connectivity index (χ3v) is 3.61. The van der Waals surface area contributed by atoms with Gasteiger partial charge in [-0.3, -0.25) is 4.79 Å². The minimum atomic E-state index is 0.0617. The van der Waals surface area contributed by atoms with Gasteiger partial charge in [-0.2, -0.15) is 0 Å². The van der Waals surface area contributed by atoms with Gasteiger partial charge in [0.2, 0.25) is 0 Å². The van der Waals surface area contributed by atoms with Crippen molar-refractivity contribution in [3.8, 4) is 0 Å². The second-order valence-corrected chi connectivity index (χ2v) is 5.44. The molecule has 1 nitrogen and oxygen atoms in total. The predicted octanol–water partition coefficient (Wildman–Crippen LogP) is 4.80. The fraction of sp³-hybridized carbons (Fsp3) is 0.188. The van der Waals surface area contributed by atoms with Gasteiger partial charge in [-0.15, -0.1) is 0 Å². The van der Waals surface area contributed by atoms with Crippen LogP contribution in [-0.2, 0) is 0 Å². The minimum Gasteiger partial charge on any atom is -0.289 e. The van der Waals surface area contributed by atoms with Crippen molar-refractivity contribution in [2.45, 2.75) is 19.8 Å². The molecule has 0 amide bonds. The van der Waals surface area contributed by atoms with Crippen molar-refractivity contribution in [2.75, 3.05) is 0 Å². The van der Waals surface area contributed by atoms with Crippen LogP contribution in [0.3, 0.4) is 0 Å². The summed E-state index contributed by atoms with van der Waals surface area (Å²) in [5.74, 6) is 0.506. The largest absolute Gasteiger partial charge is 0.289 e. The third-order valence-electron chi connectivity index (χ3n) is 2.92. The first-order valence-corrected chi connectivity index (χ1v) is 6.78. The molecule has 0 aliphatic rings. The zero-order chi connectivity index (χ0) is 13.1. The molecule has 2 heteroatoms. The van der Waals surface area contributed by atoms with E-state index in [9.17, 15) is 4.79 Å². The van der Waals surface area contributed by atoms with E-state index in [4.69, 9.17) is 0 Å². The Kier molecular flexibility index (Phi) is 3.97. The highest BCUT2D eigenvalue weighted by atomic mass is 79.9. The molecule has 92 valence electrons. The first-order valence-electron chi connectivity index (χ1n) is 5.99. The number of carbonyl (C=O) groups excluding carboxylic acids is 1. The van der Waals surface area contributed by atoms with E-state index in [1.165, 1.54) is 5.56 Å². The Morgan fingerprint density at radius 1 is 1.00 bits per heavy atom. The standard InChI is InChI=1S/C16H15BrO/c1-11(2)14-9-8-13(10-15(14)17)16(18)12-6-4-3-5-7-12/h3-11H,1-2H3. The van der Waals surface area contributed by atoms with E-state index in [-0.39, 0.29) is 5.78 Å². The van der Waals surface area contributed by atoms with Crippen LogP contribution >= 0.6 is 15.9 Å². The maximum absolute atomic E-state index is 12.3. The maximum atomic E-state index is 12.3. The number of hydrogen-bond acceptors (Lipinski definition) is 1. The zero-order valence-corrected chi connectivity index (χ0v) is 12.1.